The number of hydrogen-bond acceptors (Lipinski definition) is 10. The molecule has 2 N–H and O–H groups in total. The number of nitrogens with zero attached hydrogens (tertiary/aromatic N) is 4. The summed E-state index contributed by atoms with van der Waals surface area (Å²) in [6.45, 7) is 11.1. The van der Waals surface area contributed by atoms with Crippen molar-refractivity contribution in [2.24, 2.45) is 11.8 Å². The minimum Gasteiger partial charge on any atom is -0.453 e. The number of para-hydroxylation sites is 2. The van der Waals surface area contributed by atoms with Gasteiger partial charge < -0.3 is 29.1 Å². The van der Waals surface area contributed by atoms with Gasteiger partial charge in [-0.1, -0.05) is 39.8 Å². The van der Waals surface area contributed by atoms with Crippen molar-refractivity contribution >= 4 is 34.8 Å². The first kappa shape index (κ1) is 30.7. The lowest BCUT2D eigenvalue weighted by Gasteiger charge is -2.31. The Morgan fingerprint density at radius 1 is 0.976 bits per heavy atom. The summed E-state index contributed by atoms with van der Waals surface area (Å²) in [5.74, 6) is -1.73. The number of likely N-dealkylation sites (tertiary alicyclic amines) is 1. The van der Waals surface area contributed by atoms with E-state index >= 15 is 0 Å². The van der Waals surface area contributed by atoms with Gasteiger partial charge in [0.1, 0.15) is 23.0 Å². The topological polar surface area (TPSA) is 170 Å². The van der Waals surface area contributed by atoms with Crippen LogP contribution in [0.15, 0.2) is 33.1 Å². The SMILES string of the molecule is COC(=O)N[C@H](C(=O)N1CCC[C@H]1C(=O)N[C@H](C(=O)c1nnc(C(C)(C)c2nc3ccccc3o2)o1)C(C)C)C(C)C. The smallest absolute Gasteiger partial charge is 0.407 e. The number of nitrogens with one attached hydrogen (secondary N) is 2. The zero-order valence-electron chi connectivity index (χ0n) is 25.0. The number of benzene rings is 1. The number of carbonyl (C=O) groups is 4. The number of carbonyl (C=O) groups excluding carboxylic acids is 4. The van der Waals surface area contributed by atoms with E-state index < -0.39 is 41.3 Å². The monoisotopic (exact) mass is 582 g/mol. The number of fused-ring (bicyclic) bond motifs is 1. The Morgan fingerprint density at radius 3 is 2.31 bits per heavy atom. The average Bonchev–Trinajstić information content (AvgIpc) is 3.73. The molecule has 0 spiro atoms. The van der Waals surface area contributed by atoms with Gasteiger partial charge in [0.25, 0.3) is 5.89 Å². The number of ether oxygens (including phenoxy) is 1. The van der Waals surface area contributed by atoms with E-state index in [1.165, 1.54) is 12.0 Å². The summed E-state index contributed by atoms with van der Waals surface area (Å²) in [4.78, 5) is 58.2. The summed E-state index contributed by atoms with van der Waals surface area (Å²) in [6.07, 6.45) is 0.291. The van der Waals surface area contributed by atoms with Gasteiger partial charge in [0.2, 0.25) is 29.4 Å². The van der Waals surface area contributed by atoms with Crippen molar-refractivity contribution < 1.29 is 32.7 Å². The highest BCUT2D eigenvalue weighted by molar-refractivity contribution is 6.00. The molecule has 0 radical (unpaired) electrons. The maximum absolute atomic E-state index is 13.5. The second-order valence-corrected chi connectivity index (χ2v) is 11.7. The van der Waals surface area contributed by atoms with Crippen LogP contribution in [0, 0.1) is 11.8 Å². The second kappa shape index (κ2) is 12.3. The lowest BCUT2D eigenvalue weighted by Crippen LogP contribution is -2.57. The van der Waals surface area contributed by atoms with Crippen LogP contribution in [-0.2, 0) is 19.7 Å². The Hall–Kier alpha value is -4.29. The van der Waals surface area contributed by atoms with Crippen molar-refractivity contribution in [1.29, 1.82) is 0 Å². The number of methoxy groups -OCH3 is 1. The molecule has 3 amide bonds. The summed E-state index contributed by atoms with van der Waals surface area (Å²) < 4.78 is 16.4. The fraction of sp³-hybridized carbons (Fsp3) is 0.552. The van der Waals surface area contributed by atoms with Crippen LogP contribution in [0.2, 0.25) is 0 Å². The summed E-state index contributed by atoms with van der Waals surface area (Å²) >= 11 is 0. The van der Waals surface area contributed by atoms with Gasteiger partial charge >= 0.3 is 6.09 Å². The van der Waals surface area contributed by atoms with Crippen molar-refractivity contribution in [2.75, 3.05) is 13.7 Å². The maximum atomic E-state index is 13.5. The highest BCUT2D eigenvalue weighted by Gasteiger charge is 2.41. The first-order chi connectivity index (χ1) is 19.8. The molecule has 0 unspecified atom stereocenters. The van der Waals surface area contributed by atoms with Gasteiger partial charge in [-0.05, 0) is 50.7 Å². The zero-order chi connectivity index (χ0) is 30.8. The van der Waals surface area contributed by atoms with E-state index in [0.29, 0.717) is 36.4 Å². The van der Waals surface area contributed by atoms with Crippen molar-refractivity contribution in [2.45, 2.75) is 77.9 Å². The first-order valence-corrected chi connectivity index (χ1v) is 14.0. The van der Waals surface area contributed by atoms with Crippen LogP contribution in [-0.4, -0.2) is 75.6 Å². The number of alkyl carbamates (subject to hydrolysis) is 1. The molecule has 3 heterocycles. The standard InChI is InChI=1S/C29H38N6O7/c1-15(2)20(31-23(37)18-12-10-14-35(18)25(38)21(16(3)4)32-28(39)40-7)22(36)24-33-34-27(42-24)29(5,6)26-30-17-11-8-9-13-19(17)41-26/h8-9,11,13,15-16,18,20-21H,10,12,14H2,1-7H3,(H,31,37)(H,32,39)/t18-,20-,21-/m0/s1. The number of oxazole rings is 1. The predicted molar refractivity (Wildman–Crippen MR) is 150 cm³/mol. The van der Waals surface area contributed by atoms with E-state index in [-0.39, 0.29) is 29.5 Å². The summed E-state index contributed by atoms with van der Waals surface area (Å²) in [5, 5.41) is 13.5. The Morgan fingerprint density at radius 2 is 1.67 bits per heavy atom. The van der Waals surface area contributed by atoms with Crippen LogP contribution >= 0.6 is 0 Å². The number of rotatable bonds is 10. The fourth-order valence-electron chi connectivity index (χ4n) is 4.91. The van der Waals surface area contributed by atoms with Gasteiger partial charge in [0.05, 0.1) is 13.2 Å². The first-order valence-electron chi connectivity index (χ1n) is 14.0. The molecule has 1 saturated heterocycles. The molecule has 1 aromatic carbocycles. The predicted octanol–water partition coefficient (Wildman–Crippen LogP) is 3.23. The molecule has 3 atom stereocenters. The fourth-order valence-corrected chi connectivity index (χ4v) is 4.91. The molecule has 1 aliphatic heterocycles. The van der Waals surface area contributed by atoms with E-state index in [1.54, 1.807) is 47.6 Å². The van der Waals surface area contributed by atoms with Gasteiger partial charge in [-0.3, -0.25) is 14.4 Å². The quantitative estimate of drug-likeness (QED) is 0.338. The molecule has 13 nitrogen and oxygen atoms in total. The molecule has 1 aliphatic rings. The highest BCUT2D eigenvalue weighted by Crippen LogP contribution is 2.32. The average molecular weight is 583 g/mol. The van der Waals surface area contributed by atoms with E-state index in [1.807, 2.05) is 18.2 Å². The van der Waals surface area contributed by atoms with E-state index in [2.05, 4.69) is 30.6 Å². The molecule has 13 heteroatoms. The Labute approximate surface area is 243 Å². The summed E-state index contributed by atoms with van der Waals surface area (Å²) in [7, 11) is 1.22. The summed E-state index contributed by atoms with van der Waals surface area (Å²) in [6, 6.07) is 4.68. The highest BCUT2D eigenvalue weighted by atomic mass is 16.5. The van der Waals surface area contributed by atoms with E-state index in [4.69, 9.17) is 8.83 Å². The number of Topliss-reactive ketones (excluding diaryl/α,β-unsaturated/α-hetero) is 1. The van der Waals surface area contributed by atoms with Crippen LogP contribution in [0.4, 0.5) is 4.79 Å². The van der Waals surface area contributed by atoms with Crippen LogP contribution in [0.1, 0.15) is 76.9 Å². The molecule has 226 valence electrons. The van der Waals surface area contributed by atoms with Gasteiger partial charge in [-0.15, -0.1) is 10.2 Å². The number of aromatic nitrogens is 3. The number of amides is 3. The summed E-state index contributed by atoms with van der Waals surface area (Å²) in [5.41, 5.74) is 0.357. The normalized spacial score (nSPS) is 17.0. The van der Waals surface area contributed by atoms with Gasteiger partial charge in [-0.2, -0.15) is 0 Å². The lowest BCUT2D eigenvalue weighted by atomic mass is 9.93. The molecular weight excluding hydrogens is 544 g/mol. The van der Waals surface area contributed by atoms with Crippen molar-refractivity contribution in [3.8, 4) is 0 Å². The molecule has 0 aliphatic carbocycles. The van der Waals surface area contributed by atoms with Crippen molar-refractivity contribution in [1.82, 2.24) is 30.7 Å². The van der Waals surface area contributed by atoms with Gasteiger partial charge in [-0.25, -0.2) is 9.78 Å². The molecule has 1 fully saturated rings. The molecule has 0 bridgehead atoms. The van der Waals surface area contributed by atoms with Crippen LogP contribution < -0.4 is 10.6 Å². The third-order valence-corrected chi connectivity index (χ3v) is 7.48. The Bertz CT molecular complexity index is 1430. The third-order valence-electron chi connectivity index (χ3n) is 7.48. The van der Waals surface area contributed by atoms with Crippen LogP contribution in [0.25, 0.3) is 11.1 Å². The van der Waals surface area contributed by atoms with Crippen LogP contribution in [0.5, 0.6) is 0 Å². The number of ketones is 1. The minimum atomic E-state index is -0.982. The molecule has 3 aromatic rings. The third kappa shape index (κ3) is 6.14. The molecular formula is C29H38N6O7. The zero-order valence-corrected chi connectivity index (χ0v) is 25.0. The van der Waals surface area contributed by atoms with Gasteiger partial charge in [0.15, 0.2) is 5.58 Å². The lowest BCUT2D eigenvalue weighted by molar-refractivity contribution is -0.141. The van der Waals surface area contributed by atoms with Crippen molar-refractivity contribution in [3.63, 3.8) is 0 Å². The van der Waals surface area contributed by atoms with Crippen molar-refractivity contribution in [3.05, 3.63) is 41.9 Å². The largest absolute Gasteiger partial charge is 0.453 e. The molecule has 0 saturated carbocycles. The second-order valence-electron chi connectivity index (χ2n) is 11.7. The molecule has 2 aromatic heterocycles. The molecule has 42 heavy (non-hydrogen) atoms. The van der Waals surface area contributed by atoms with Crippen LogP contribution in [0.3, 0.4) is 0 Å². The Balaban J connectivity index is 1.50. The maximum Gasteiger partial charge on any atom is 0.407 e. The minimum absolute atomic E-state index is 0.136. The number of hydrogen-bond donors (Lipinski definition) is 2. The van der Waals surface area contributed by atoms with E-state index in [0.717, 1.165) is 0 Å². The molecule has 4 rings (SSSR count). The van der Waals surface area contributed by atoms with Gasteiger partial charge in [0, 0.05) is 6.54 Å². The van der Waals surface area contributed by atoms with E-state index in [9.17, 15) is 19.2 Å². The Kier molecular flexibility index (Phi) is 8.97.